The molecule has 28 heavy (non-hydrogen) atoms. The first-order chi connectivity index (χ1) is 12.9. The second-order valence-corrected chi connectivity index (χ2v) is 37.3. The van der Waals surface area contributed by atoms with Crippen LogP contribution in [0.5, 0.6) is 0 Å². The van der Waals surface area contributed by atoms with Crippen molar-refractivity contribution in [1.29, 1.82) is 0 Å². The van der Waals surface area contributed by atoms with E-state index in [0.29, 0.717) is 5.56 Å². The van der Waals surface area contributed by atoms with Crippen molar-refractivity contribution < 1.29 is 4.79 Å². The Bertz CT molecular complexity index is 1060. The summed E-state index contributed by atoms with van der Waals surface area (Å²) in [6, 6.07) is 8.76. The van der Waals surface area contributed by atoms with Crippen LogP contribution in [0.15, 0.2) is 30.3 Å². The first kappa shape index (κ1) is 19.6. The van der Waals surface area contributed by atoms with E-state index in [1.54, 1.807) is 5.19 Å². The van der Waals surface area contributed by atoms with Crippen LogP contribution >= 0.6 is 0 Å². The van der Waals surface area contributed by atoms with Gasteiger partial charge in [-0.2, -0.15) is 0 Å². The molecule has 1 amide bonds. The van der Waals surface area contributed by atoms with Gasteiger partial charge < -0.3 is 0 Å². The molecule has 0 atom stereocenters. The van der Waals surface area contributed by atoms with Crippen molar-refractivity contribution >= 4 is 44.6 Å². The minimum atomic E-state index is -1.67. The third-order valence-corrected chi connectivity index (χ3v) is 49.9. The number of hydrogen-bond donors (Lipinski definition) is 0. The highest BCUT2D eigenvalue weighted by molar-refractivity contribution is 7.76. The van der Waals surface area contributed by atoms with Gasteiger partial charge in [0.25, 0.3) is 5.91 Å². The monoisotopic (exact) mass is 420 g/mol. The summed E-state index contributed by atoms with van der Waals surface area (Å²) in [6.45, 7) is 17.5. The van der Waals surface area contributed by atoms with Crippen molar-refractivity contribution in [2.45, 2.75) is 52.6 Å². The summed E-state index contributed by atoms with van der Waals surface area (Å²) in [4.78, 5) is 12.3. The fraction of sp³-hybridized carbons (Fsp3) is 0.348. The Hall–Kier alpha value is -1.70. The van der Waals surface area contributed by atoms with Gasteiger partial charge in [-0.15, -0.1) is 0 Å². The number of benzene rings is 2. The second-order valence-electron chi connectivity index (χ2n) is 10.0. The number of carbonyl (C=O) groups excluding carboxylic acids is 1. The maximum absolute atomic E-state index is 12.3. The van der Waals surface area contributed by atoms with E-state index in [1.807, 2.05) is 0 Å². The van der Waals surface area contributed by atoms with Gasteiger partial charge in [-0.25, -0.2) is 0 Å². The van der Waals surface area contributed by atoms with E-state index in [0.717, 1.165) is 12.0 Å². The largest absolute Gasteiger partial charge is 0.269 e. The molecule has 2 nitrogen and oxygen atoms in total. The van der Waals surface area contributed by atoms with Gasteiger partial charge >= 0.3 is 0 Å². The molecule has 1 radical (unpaired) electrons. The molecule has 0 spiro atoms. The standard InChI is InChI=1S/C23H30NOSi3/c1-15-19(23(24)25)14-20-22(27(4,5)28(6,7)26(20,2)3)21(15)18-13-9-11-16-10-8-12-17(16)18/h8-9,11-14,24H,10H2,1-7H3. The third-order valence-electron chi connectivity index (χ3n) is 8.34. The third kappa shape index (κ3) is 2.27. The molecule has 1 aliphatic carbocycles. The van der Waals surface area contributed by atoms with Crippen molar-refractivity contribution in [3.05, 3.63) is 52.6 Å². The summed E-state index contributed by atoms with van der Waals surface area (Å²) in [5, 5.41) is 3.09. The van der Waals surface area contributed by atoms with Gasteiger partial charge in [-0.1, -0.05) is 86.1 Å². The number of hydrogen-bond acceptors (Lipinski definition) is 1. The van der Waals surface area contributed by atoms with Crippen molar-refractivity contribution in [2.75, 3.05) is 0 Å². The van der Waals surface area contributed by atoms with E-state index in [9.17, 15) is 4.79 Å². The Balaban J connectivity index is 2.20. The zero-order valence-electron chi connectivity index (χ0n) is 18.1. The lowest BCUT2D eigenvalue weighted by Gasteiger charge is -2.40. The Kier molecular flexibility index (Phi) is 4.14. The Morgan fingerprint density at radius 2 is 1.71 bits per heavy atom. The van der Waals surface area contributed by atoms with E-state index in [1.165, 1.54) is 27.4 Å². The van der Waals surface area contributed by atoms with Gasteiger partial charge in [0.2, 0.25) is 0 Å². The summed E-state index contributed by atoms with van der Waals surface area (Å²) in [5.41, 5.74) is 14.8. The lowest BCUT2D eigenvalue weighted by Crippen LogP contribution is -2.68. The summed E-state index contributed by atoms with van der Waals surface area (Å²) in [6.07, 6.45) is 5.48. The van der Waals surface area contributed by atoms with Crippen LogP contribution in [0.3, 0.4) is 0 Å². The summed E-state index contributed by atoms with van der Waals surface area (Å²) >= 11 is 0. The van der Waals surface area contributed by atoms with E-state index >= 15 is 0 Å². The van der Waals surface area contributed by atoms with Gasteiger partial charge in [0.05, 0.1) is 15.2 Å². The number of allylic oxidation sites excluding steroid dienone is 1. The van der Waals surface area contributed by atoms with Crippen LogP contribution in [0, 0.1) is 6.92 Å². The molecular weight excluding hydrogens is 391 g/mol. The molecule has 0 saturated carbocycles. The van der Waals surface area contributed by atoms with E-state index < -0.39 is 28.2 Å². The molecule has 0 bridgehead atoms. The Morgan fingerprint density at radius 1 is 1.04 bits per heavy atom. The molecule has 1 N–H and O–H groups in total. The van der Waals surface area contributed by atoms with Crippen LogP contribution in [-0.4, -0.2) is 28.2 Å². The smallest absolute Gasteiger partial charge is 0.267 e. The predicted molar refractivity (Wildman–Crippen MR) is 128 cm³/mol. The lowest BCUT2D eigenvalue weighted by molar-refractivity contribution is 0.0991. The molecule has 0 aromatic heterocycles. The molecule has 1 heterocycles. The normalized spacial score (nSPS) is 20.1. The van der Waals surface area contributed by atoms with Crippen molar-refractivity contribution in [3.63, 3.8) is 0 Å². The quantitative estimate of drug-likeness (QED) is 0.665. The maximum atomic E-state index is 12.3. The summed E-state index contributed by atoms with van der Waals surface area (Å²) in [7, 11) is -4.82. The molecule has 4 rings (SSSR count). The van der Waals surface area contributed by atoms with Crippen LogP contribution in [0.4, 0.5) is 0 Å². The van der Waals surface area contributed by atoms with Crippen molar-refractivity contribution in [1.82, 2.24) is 5.73 Å². The van der Waals surface area contributed by atoms with Crippen molar-refractivity contribution in [3.8, 4) is 11.1 Å². The summed E-state index contributed by atoms with van der Waals surface area (Å²) < 4.78 is 0. The Labute approximate surface area is 171 Å². The van der Waals surface area contributed by atoms with Gasteiger partial charge in [0.15, 0.2) is 0 Å². The second kappa shape index (κ2) is 5.91. The number of carbonyl (C=O) groups is 1. The van der Waals surface area contributed by atoms with Gasteiger partial charge in [0, 0.05) is 12.7 Å². The summed E-state index contributed by atoms with van der Waals surface area (Å²) in [5.74, 6) is -0.541. The molecule has 2 aromatic rings. The molecular formula is C23H30NOSi3. The molecule has 2 aromatic carbocycles. The zero-order chi connectivity index (χ0) is 20.6. The fourth-order valence-electron chi connectivity index (χ4n) is 5.44. The molecule has 5 heteroatoms. The zero-order valence-corrected chi connectivity index (χ0v) is 21.1. The molecule has 0 unspecified atom stereocenters. The first-order valence-corrected chi connectivity index (χ1v) is 21.2. The molecule has 145 valence electrons. The average molecular weight is 421 g/mol. The van der Waals surface area contributed by atoms with Gasteiger partial charge in [-0.3, -0.25) is 10.5 Å². The topological polar surface area (TPSA) is 40.9 Å². The van der Waals surface area contributed by atoms with Crippen LogP contribution in [0.1, 0.15) is 27.0 Å². The average Bonchev–Trinajstić information content (AvgIpc) is 3.12. The predicted octanol–water partition coefficient (Wildman–Crippen LogP) is 4.36. The highest BCUT2D eigenvalue weighted by Crippen LogP contribution is 2.40. The van der Waals surface area contributed by atoms with Gasteiger partial charge in [0.1, 0.15) is 0 Å². The number of fused-ring (bicyclic) bond motifs is 2. The first-order valence-electron chi connectivity index (χ1n) is 10.2. The van der Waals surface area contributed by atoms with Crippen molar-refractivity contribution in [2.24, 2.45) is 0 Å². The number of nitrogens with one attached hydrogen (secondary N) is 1. The highest BCUT2D eigenvalue weighted by atomic mass is 29.6. The number of rotatable bonds is 2. The van der Waals surface area contributed by atoms with E-state index in [4.69, 9.17) is 5.73 Å². The van der Waals surface area contributed by atoms with Gasteiger partial charge in [-0.05, 0) is 41.2 Å². The van der Waals surface area contributed by atoms with Crippen LogP contribution in [-0.2, 0) is 6.42 Å². The molecule has 0 saturated heterocycles. The molecule has 1 aliphatic heterocycles. The minimum Gasteiger partial charge on any atom is -0.267 e. The molecule has 2 aliphatic rings. The van der Waals surface area contributed by atoms with Crippen LogP contribution in [0.25, 0.3) is 17.2 Å². The number of amides is 1. The van der Waals surface area contributed by atoms with E-state index in [-0.39, 0.29) is 0 Å². The Morgan fingerprint density at radius 3 is 2.36 bits per heavy atom. The lowest BCUT2D eigenvalue weighted by atomic mass is 9.91. The molecule has 0 fully saturated rings. The van der Waals surface area contributed by atoms with E-state index in [2.05, 4.69) is 82.6 Å². The SMILES string of the molecule is Cc1c(C([NH])=O)cc2c(c1-c1cccc3c1C=CC3)[Si](C)(C)[Si](C)(C)[Si]2(C)C. The maximum Gasteiger partial charge on any atom is 0.269 e. The fourth-order valence-corrected chi connectivity index (χ4v) is 40.2. The van der Waals surface area contributed by atoms with Crippen LogP contribution < -0.4 is 16.1 Å². The van der Waals surface area contributed by atoms with Crippen LogP contribution in [0.2, 0.25) is 39.3 Å². The minimum absolute atomic E-state index is 0.541. The highest BCUT2D eigenvalue weighted by Gasteiger charge is 2.61.